The van der Waals surface area contributed by atoms with Gasteiger partial charge in [0.1, 0.15) is 5.82 Å². The second-order valence-electron chi connectivity index (χ2n) is 4.70. The molecular formula is C16H17FO. The maximum absolute atomic E-state index is 13.0. The third-order valence-electron chi connectivity index (χ3n) is 3.14. The molecule has 2 heteroatoms. The fourth-order valence-electron chi connectivity index (χ4n) is 2.09. The Morgan fingerprint density at radius 2 is 1.89 bits per heavy atom. The lowest BCUT2D eigenvalue weighted by molar-refractivity contribution is 0.178. The van der Waals surface area contributed by atoms with Crippen molar-refractivity contribution in [3.05, 3.63) is 70.5 Å². The molecule has 2 aromatic rings. The molecule has 94 valence electrons. The van der Waals surface area contributed by atoms with Gasteiger partial charge in [-0.1, -0.05) is 35.9 Å². The summed E-state index contributed by atoms with van der Waals surface area (Å²) in [6, 6.07) is 12.5. The Bertz CT molecular complexity index is 549. The first-order valence-electron chi connectivity index (χ1n) is 6.06. The lowest BCUT2D eigenvalue weighted by atomic mass is 9.97. The van der Waals surface area contributed by atoms with Crippen molar-refractivity contribution in [3.63, 3.8) is 0 Å². The number of benzene rings is 2. The Hall–Kier alpha value is -1.67. The first-order valence-corrected chi connectivity index (χ1v) is 6.06. The van der Waals surface area contributed by atoms with E-state index in [0.29, 0.717) is 6.42 Å². The highest BCUT2D eigenvalue weighted by atomic mass is 19.1. The molecule has 0 aliphatic carbocycles. The molecule has 0 heterocycles. The normalized spacial score (nSPS) is 12.4. The van der Waals surface area contributed by atoms with Gasteiger partial charge in [0.25, 0.3) is 0 Å². The molecule has 0 saturated carbocycles. The van der Waals surface area contributed by atoms with Crippen LogP contribution in [0.5, 0.6) is 0 Å². The molecule has 1 nitrogen and oxygen atoms in total. The zero-order chi connectivity index (χ0) is 13.1. The standard InChI is InChI=1S/C16H17FO/c1-11-4-3-5-14(8-11)16(18)10-13-6-7-15(17)9-12(13)2/h3-9,16,18H,10H2,1-2H3. The molecule has 0 aromatic heterocycles. The van der Waals surface area contributed by atoms with E-state index in [1.807, 2.05) is 38.1 Å². The van der Waals surface area contributed by atoms with Crippen molar-refractivity contribution in [1.82, 2.24) is 0 Å². The second kappa shape index (κ2) is 5.32. The summed E-state index contributed by atoms with van der Waals surface area (Å²) in [5.41, 5.74) is 3.88. The predicted molar refractivity (Wildman–Crippen MR) is 71.0 cm³/mol. The molecule has 0 aliphatic rings. The zero-order valence-corrected chi connectivity index (χ0v) is 10.7. The Morgan fingerprint density at radius 3 is 2.56 bits per heavy atom. The van der Waals surface area contributed by atoms with Crippen LogP contribution in [0.25, 0.3) is 0 Å². The van der Waals surface area contributed by atoms with Gasteiger partial charge in [0.15, 0.2) is 0 Å². The highest BCUT2D eigenvalue weighted by Crippen LogP contribution is 2.21. The van der Waals surface area contributed by atoms with E-state index in [4.69, 9.17) is 0 Å². The Balaban J connectivity index is 2.18. The van der Waals surface area contributed by atoms with Crippen molar-refractivity contribution in [2.75, 3.05) is 0 Å². The van der Waals surface area contributed by atoms with Gasteiger partial charge in [-0.2, -0.15) is 0 Å². The number of halogens is 1. The van der Waals surface area contributed by atoms with E-state index in [-0.39, 0.29) is 5.82 Å². The topological polar surface area (TPSA) is 20.2 Å². The van der Waals surface area contributed by atoms with Crippen LogP contribution in [0.3, 0.4) is 0 Å². The van der Waals surface area contributed by atoms with Crippen LogP contribution in [0.15, 0.2) is 42.5 Å². The van der Waals surface area contributed by atoms with Gasteiger partial charge in [-0.15, -0.1) is 0 Å². The number of aryl methyl sites for hydroxylation is 2. The summed E-state index contributed by atoms with van der Waals surface area (Å²) < 4.78 is 13.0. The van der Waals surface area contributed by atoms with Gasteiger partial charge in [0.2, 0.25) is 0 Å². The van der Waals surface area contributed by atoms with E-state index in [0.717, 1.165) is 22.3 Å². The molecule has 18 heavy (non-hydrogen) atoms. The minimum atomic E-state index is -0.547. The van der Waals surface area contributed by atoms with E-state index in [2.05, 4.69) is 0 Å². The zero-order valence-electron chi connectivity index (χ0n) is 10.7. The molecule has 1 N–H and O–H groups in total. The summed E-state index contributed by atoms with van der Waals surface area (Å²) in [6.45, 7) is 3.86. The molecular weight excluding hydrogens is 227 g/mol. The number of rotatable bonds is 3. The van der Waals surface area contributed by atoms with E-state index in [9.17, 15) is 9.50 Å². The van der Waals surface area contributed by atoms with Crippen LogP contribution in [0.4, 0.5) is 4.39 Å². The number of hydrogen-bond donors (Lipinski definition) is 1. The van der Waals surface area contributed by atoms with Crippen molar-refractivity contribution in [2.45, 2.75) is 26.4 Å². The molecule has 0 saturated heterocycles. The monoisotopic (exact) mass is 244 g/mol. The van der Waals surface area contributed by atoms with E-state index in [1.54, 1.807) is 6.07 Å². The number of hydrogen-bond acceptors (Lipinski definition) is 1. The van der Waals surface area contributed by atoms with Crippen LogP contribution in [-0.2, 0) is 6.42 Å². The van der Waals surface area contributed by atoms with Crippen molar-refractivity contribution in [1.29, 1.82) is 0 Å². The summed E-state index contributed by atoms with van der Waals surface area (Å²) in [4.78, 5) is 0. The van der Waals surface area contributed by atoms with Crippen molar-refractivity contribution >= 4 is 0 Å². The molecule has 1 unspecified atom stereocenters. The van der Waals surface area contributed by atoms with Crippen molar-refractivity contribution in [2.24, 2.45) is 0 Å². The van der Waals surface area contributed by atoms with Gasteiger partial charge in [0, 0.05) is 6.42 Å². The molecule has 2 aromatic carbocycles. The summed E-state index contributed by atoms with van der Waals surface area (Å²) in [5, 5.41) is 10.2. The van der Waals surface area contributed by atoms with E-state index in [1.165, 1.54) is 12.1 Å². The molecule has 0 radical (unpaired) electrons. The van der Waals surface area contributed by atoms with Gasteiger partial charge < -0.3 is 5.11 Å². The fourth-order valence-corrected chi connectivity index (χ4v) is 2.09. The average molecular weight is 244 g/mol. The van der Waals surface area contributed by atoms with Gasteiger partial charge in [-0.25, -0.2) is 4.39 Å². The minimum absolute atomic E-state index is 0.235. The van der Waals surface area contributed by atoms with Crippen LogP contribution in [-0.4, -0.2) is 5.11 Å². The maximum Gasteiger partial charge on any atom is 0.123 e. The fraction of sp³-hybridized carbons (Fsp3) is 0.250. The highest BCUT2D eigenvalue weighted by Gasteiger charge is 2.10. The summed E-state index contributed by atoms with van der Waals surface area (Å²) in [7, 11) is 0. The molecule has 0 aliphatic heterocycles. The largest absolute Gasteiger partial charge is 0.388 e. The summed E-state index contributed by atoms with van der Waals surface area (Å²) in [6.07, 6.45) is -0.0377. The van der Waals surface area contributed by atoms with Crippen LogP contribution in [0, 0.1) is 19.7 Å². The third kappa shape index (κ3) is 2.96. The SMILES string of the molecule is Cc1cccc(C(O)Cc2ccc(F)cc2C)c1. The summed E-state index contributed by atoms with van der Waals surface area (Å²) in [5.74, 6) is -0.235. The van der Waals surface area contributed by atoms with Crippen LogP contribution >= 0.6 is 0 Å². The average Bonchev–Trinajstić information content (AvgIpc) is 2.32. The quantitative estimate of drug-likeness (QED) is 0.872. The molecule has 1 atom stereocenters. The lowest BCUT2D eigenvalue weighted by Gasteiger charge is -2.13. The first kappa shape index (κ1) is 12.8. The van der Waals surface area contributed by atoms with Gasteiger partial charge in [0.05, 0.1) is 6.10 Å². The lowest BCUT2D eigenvalue weighted by Crippen LogP contribution is -2.03. The van der Waals surface area contributed by atoms with E-state index < -0.39 is 6.10 Å². The molecule has 0 bridgehead atoms. The first-order chi connectivity index (χ1) is 8.56. The smallest absolute Gasteiger partial charge is 0.123 e. The Kier molecular flexibility index (Phi) is 3.78. The number of aliphatic hydroxyl groups is 1. The highest BCUT2D eigenvalue weighted by molar-refractivity contribution is 5.30. The van der Waals surface area contributed by atoms with Gasteiger partial charge >= 0.3 is 0 Å². The van der Waals surface area contributed by atoms with Crippen LogP contribution < -0.4 is 0 Å². The third-order valence-corrected chi connectivity index (χ3v) is 3.14. The van der Waals surface area contributed by atoms with Crippen LogP contribution in [0.2, 0.25) is 0 Å². The molecule has 0 spiro atoms. The Labute approximate surface area is 107 Å². The maximum atomic E-state index is 13.0. The predicted octanol–water partition coefficient (Wildman–Crippen LogP) is 3.72. The minimum Gasteiger partial charge on any atom is -0.388 e. The van der Waals surface area contributed by atoms with Crippen molar-refractivity contribution < 1.29 is 9.50 Å². The van der Waals surface area contributed by atoms with Gasteiger partial charge in [-0.05, 0) is 42.7 Å². The van der Waals surface area contributed by atoms with Crippen LogP contribution in [0.1, 0.15) is 28.4 Å². The summed E-state index contributed by atoms with van der Waals surface area (Å²) >= 11 is 0. The molecule has 0 fully saturated rings. The second-order valence-corrected chi connectivity index (χ2v) is 4.70. The van der Waals surface area contributed by atoms with Crippen molar-refractivity contribution in [3.8, 4) is 0 Å². The van der Waals surface area contributed by atoms with E-state index >= 15 is 0 Å². The van der Waals surface area contributed by atoms with Gasteiger partial charge in [-0.3, -0.25) is 0 Å². The molecule has 0 amide bonds. The Morgan fingerprint density at radius 1 is 1.11 bits per heavy atom. The molecule has 2 rings (SSSR count). The number of aliphatic hydroxyl groups excluding tert-OH is 1.